The molecule has 0 spiro atoms. The van der Waals surface area contributed by atoms with Crippen LogP contribution in [0, 0.1) is 5.92 Å². The maximum absolute atomic E-state index is 13.3. The van der Waals surface area contributed by atoms with Gasteiger partial charge in [0.1, 0.15) is 12.1 Å². The number of rotatable bonds is 7. The van der Waals surface area contributed by atoms with Crippen LogP contribution in [-0.2, 0) is 25.6 Å². The van der Waals surface area contributed by atoms with Gasteiger partial charge in [-0.1, -0.05) is 38.1 Å². The number of benzene rings is 1. The fourth-order valence-electron chi connectivity index (χ4n) is 4.15. The van der Waals surface area contributed by atoms with Gasteiger partial charge < -0.3 is 26.0 Å². The molecule has 0 saturated carbocycles. The third-order valence-corrected chi connectivity index (χ3v) is 7.47. The van der Waals surface area contributed by atoms with E-state index in [-0.39, 0.29) is 29.7 Å². The third kappa shape index (κ3) is 8.35. The van der Waals surface area contributed by atoms with Crippen molar-refractivity contribution in [1.29, 1.82) is 0 Å². The minimum absolute atomic E-state index is 0.0166. The monoisotopic (exact) mass is 560 g/mol. The Balaban J connectivity index is 0.000000638. The van der Waals surface area contributed by atoms with Crippen LogP contribution in [0.25, 0.3) is 0 Å². The molecular formula is C25H35F3N4O5S. The van der Waals surface area contributed by atoms with Gasteiger partial charge in [-0.2, -0.15) is 13.2 Å². The summed E-state index contributed by atoms with van der Waals surface area (Å²) >= 11 is 1.57. The number of carbonyl (C=O) groups excluding carboxylic acids is 3. The quantitative estimate of drug-likeness (QED) is 0.404. The van der Waals surface area contributed by atoms with E-state index in [2.05, 4.69) is 28.1 Å². The normalized spacial score (nSPS) is 20.5. The van der Waals surface area contributed by atoms with E-state index in [9.17, 15) is 27.6 Å². The molecule has 2 aliphatic rings. The second-order valence-electron chi connectivity index (χ2n) is 9.52. The minimum Gasteiger partial charge on any atom is -0.475 e. The summed E-state index contributed by atoms with van der Waals surface area (Å²) < 4.78 is 31.7. The summed E-state index contributed by atoms with van der Waals surface area (Å²) in [5.74, 6) is -2.34. The number of hydrogen-bond acceptors (Lipinski definition) is 6. The highest BCUT2D eigenvalue weighted by atomic mass is 32.2. The number of hydrogen-bond donors (Lipinski definition) is 4. The van der Waals surface area contributed by atoms with Gasteiger partial charge in [-0.25, -0.2) is 4.79 Å². The molecule has 4 N–H and O–H groups in total. The summed E-state index contributed by atoms with van der Waals surface area (Å²) in [7, 11) is 1.71. The topological polar surface area (TPSA) is 128 Å². The Morgan fingerprint density at radius 1 is 1.13 bits per heavy atom. The van der Waals surface area contributed by atoms with E-state index in [1.54, 1.807) is 30.6 Å². The predicted octanol–water partition coefficient (Wildman–Crippen LogP) is 2.46. The fraction of sp³-hybridized carbons (Fsp3) is 0.600. The first-order valence-corrected chi connectivity index (χ1v) is 13.5. The molecule has 3 rings (SSSR count). The number of carboxylic acid groups (broad SMARTS) is 1. The smallest absolute Gasteiger partial charge is 0.475 e. The lowest BCUT2D eigenvalue weighted by molar-refractivity contribution is -0.192. The van der Waals surface area contributed by atoms with Gasteiger partial charge in [0.15, 0.2) is 0 Å². The van der Waals surface area contributed by atoms with Crippen LogP contribution in [0.1, 0.15) is 50.8 Å². The van der Waals surface area contributed by atoms with Crippen LogP contribution in [0.5, 0.6) is 0 Å². The zero-order valence-corrected chi connectivity index (χ0v) is 22.6. The number of amides is 3. The van der Waals surface area contributed by atoms with Crippen molar-refractivity contribution >= 4 is 35.5 Å². The lowest BCUT2D eigenvalue weighted by atomic mass is 9.87. The molecule has 0 aromatic heterocycles. The Labute approximate surface area is 224 Å². The first-order chi connectivity index (χ1) is 17.8. The van der Waals surface area contributed by atoms with Gasteiger partial charge in [0, 0.05) is 5.75 Å². The lowest BCUT2D eigenvalue weighted by Gasteiger charge is -2.32. The Morgan fingerprint density at radius 2 is 1.76 bits per heavy atom. The standard InChI is InChI=1S/C23H34N4O3S.C2HF3O2/c1-14(2)20(26-21(28)15(3)24-4)23(30)27-13-31-12-19(27)22(29)25-18-11-7-9-16-8-5-6-10-17(16)18;3-2(4,5)1(6)7/h5-6,8,10,14-15,18-20,24H,7,9,11-13H2,1-4H3,(H,25,29)(H,26,28);(H,6,7)/t15-,18+,19-,20-;/m0./s1. The van der Waals surface area contributed by atoms with Crippen molar-refractivity contribution in [3.63, 3.8) is 0 Å². The van der Waals surface area contributed by atoms with Gasteiger partial charge in [0.2, 0.25) is 17.7 Å². The Kier molecular flexibility index (Phi) is 11.4. The maximum atomic E-state index is 13.3. The van der Waals surface area contributed by atoms with Crippen molar-refractivity contribution in [2.24, 2.45) is 5.92 Å². The van der Waals surface area contributed by atoms with Crippen molar-refractivity contribution in [1.82, 2.24) is 20.9 Å². The first-order valence-electron chi connectivity index (χ1n) is 12.3. The zero-order valence-electron chi connectivity index (χ0n) is 21.8. The van der Waals surface area contributed by atoms with E-state index in [0.717, 1.165) is 19.3 Å². The molecule has 0 unspecified atom stereocenters. The number of nitrogens with zero attached hydrogens (tertiary/aromatic N) is 1. The van der Waals surface area contributed by atoms with E-state index in [1.165, 1.54) is 11.1 Å². The van der Waals surface area contributed by atoms with Crippen molar-refractivity contribution in [2.75, 3.05) is 18.7 Å². The average Bonchev–Trinajstić information content (AvgIpc) is 3.36. The molecule has 1 saturated heterocycles. The highest BCUT2D eigenvalue weighted by molar-refractivity contribution is 7.99. The molecule has 1 heterocycles. The van der Waals surface area contributed by atoms with Gasteiger partial charge in [-0.15, -0.1) is 11.8 Å². The average molecular weight is 561 g/mol. The minimum atomic E-state index is -5.08. The van der Waals surface area contributed by atoms with Gasteiger partial charge >= 0.3 is 12.1 Å². The van der Waals surface area contributed by atoms with Crippen LogP contribution in [0.15, 0.2) is 24.3 Å². The number of fused-ring (bicyclic) bond motifs is 1. The highest BCUT2D eigenvalue weighted by Crippen LogP contribution is 2.30. The molecule has 0 bridgehead atoms. The molecule has 38 heavy (non-hydrogen) atoms. The fourth-order valence-corrected chi connectivity index (χ4v) is 5.31. The largest absolute Gasteiger partial charge is 0.490 e. The van der Waals surface area contributed by atoms with Crippen LogP contribution >= 0.6 is 11.8 Å². The van der Waals surface area contributed by atoms with Crippen LogP contribution in [-0.4, -0.2) is 76.7 Å². The van der Waals surface area contributed by atoms with Crippen LogP contribution < -0.4 is 16.0 Å². The second-order valence-corrected chi connectivity index (χ2v) is 10.5. The molecule has 13 heteroatoms. The number of halogens is 3. The zero-order chi connectivity index (χ0) is 28.6. The van der Waals surface area contributed by atoms with Crippen molar-refractivity contribution in [3.8, 4) is 0 Å². The van der Waals surface area contributed by atoms with Crippen molar-refractivity contribution in [2.45, 2.75) is 70.4 Å². The molecule has 1 aromatic rings. The van der Waals surface area contributed by atoms with Crippen molar-refractivity contribution in [3.05, 3.63) is 35.4 Å². The molecule has 4 atom stereocenters. The van der Waals surface area contributed by atoms with E-state index in [0.29, 0.717) is 11.6 Å². The number of alkyl halides is 3. The summed E-state index contributed by atoms with van der Waals surface area (Å²) in [6.07, 6.45) is -2.11. The number of carbonyl (C=O) groups is 4. The Morgan fingerprint density at radius 3 is 2.34 bits per heavy atom. The van der Waals surface area contributed by atoms with E-state index in [1.807, 2.05) is 26.0 Å². The molecule has 3 amide bonds. The highest BCUT2D eigenvalue weighted by Gasteiger charge is 2.40. The van der Waals surface area contributed by atoms with Gasteiger partial charge in [-0.3, -0.25) is 14.4 Å². The SMILES string of the molecule is CN[C@@H](C)C(=O)N[C@H](C(=O)N1CSC[C@H]1C(=O)N[C@@H]1CCCc2ccccc21)C(C)C.O=C(O)C(F)(F)F. The van der Waals surface area contributed by atoms with Crippen LogP contribution in [0.4, 0.5) is 13.2 Å². The summed E-state index contributed by atoms with van der Waals surface area (Å²) in [5, 5.41) is 16.1. The molecule has 9 nitrogen and oxygen atoms in total. The second kappa shape index (κ2) is 13.8. The van der Waals surface area contributed by atoms with Gasteiger partial charge in [0.05, 0.1) is 18.0 Å². The van der Waals surface area contributed by atoms with E-state index < -0.39 is 30.3 Å². The van der Waals surface area contributed by atoms with E-state index >= 15 is 0 Å². The molecular weight excluding hydrogens is 525 g/mol. The summed E-state index contributed by atoms with van der Waals surface area (Å²) in [5.41, 5.74) is 2.47. The first kappa shape index (κ1) is 31.4. The van der Waals surface area contributed by atoms with Crippen LogP contribution in [0.2, 0.25) is 0 Å². The van der Waals surface area contributed by atoms with Crippen LogP contribution in [0.3, 0.4) is 0 Å². The molecule has 1 aromatic carbocycles. The van der Waals surface area contributed by atoms with Gasteiger partial charge in [0.25, 0.3) is 0 Å². The molecule has 0 radical (unpaired) electrons. The predicted molar refractivity (Wildman–Crippen MR) is 137 cm³/mol. The third-order valence-electron chi connectivity index (χ3n) is 6.45. The summed E-state index contributed by atoms with van der Waals surface area (Å²) in [4.78, 5) is 49.4. The lowest BCUT2D eigenvalue weighted by Crippen LogP contribution is -2.57. The number of carboxylic acids is 1. The number of nitrogens with one attached hydrogen (secondary N) is 3. The van der Waals surface area contributed by atoms with Crippen molar-refractivity contribution < 1.29 is 37.5 Å². The van der Waals surface area contributed by atoms with E-state index in [4.69, 9.17) is 9.90 Å². The summed E-state index contributed by atoms with van der Waals surface area (Å²) in [6.45, 7) is 5.56. The van der Waals surface area contributed by atoms with Gasteiger partial charge in [-0.05, 0) is 50.3 Å². The number of aryl methyl sites for hydroxylation is 1. The number of aliphatic carboxylic acids is 1. The number of thioether (sulfide) groups is 1. The Bertz CT molecular complexity index is 1010. The maximum Gasteiger partial charge on any atom is 0.490 e. The molecule has 212 valence electrons. The number of likely N-dealkylation sites (N-methyl/N-ethyl adjacent to an activating group) is 1. The Hall–Kier alpha value is -2.80. The summed E-state index contributed by atoms with van der Waals surface area (Å²) in [6, 6.07) is 6.65. The molecule has 1 aliphatic carbocycles. The molecule has 1 fully saturated rings. The molecule has 1 aliphatic heterocycles.